The van der Waals surface area contributed by atoms with Crippen LogP contribution in [0.1, 0.15) is 22.8 Å². The van der Waals surface area contributed by atoms with E-state index in [1.54, 1.807) is 12.3 Å². The Kier molecular flexibility index (Phi) is 5.85. The molecule has 0 aromatic heterocycles. The number of nitrogens with two attached hydrogens (primary N) is 1. The molecular weight excluding hydrogens is 300 g/mol. The average molecular weight is 318 g/mol. The van der Waals surface area contributed by atoms with Gasteiger partial charge >= 0.3 is 0 Å². The molecule has 1 rings (SSSR count). The van der Waals surface area contributed by atoms with Gasteiger partial charge in [0.2, 0.25) is 10.0 Å². The van der Waals surface area contributed by atoms with E-state index in [2.05, 4.69) is 5.32 Å². The number of nitrogens with one attached hydrogen (secondary N) is 1. The highest BCUT2D eigenvalue weighted by atomic mass is 32.2. The maximum absolute atomic E-state index is 12.0. The third-order valence-electron chi connectivity index (χ3n) is 2.71. The maximum Gasteiger partial charge on any atom is 0.251 e. The fourth-order valence-electron chi connectivity index (χ4n) is 1.66. The van der Waals surface area contributed by atoms with E-state index in [1.807, 2.05) is 6.92 Å². The lowest BCUT2D eigenvalue weighted by atomic mass is 10.0. The van der Waals surface area contributed by atoms with Crippen molar-refractivity contribution < 1.29 is 17.4 Å². The molecule has 1 atom stereocenters. The Hall–Kier alpha value is -1.25. The van der Waals surface area contributed by atoms with Crippen molar-refractivity contribution in [1.29, 1.82) is 0 Å². The van der Waals surface area contributed by atoms with Crippen LogP contribution in [0.5, 0.6) is 0 Å². The molecule has 1 unspecified atom stereocenters. The molecule has 20 heavy (non-hydrogen) atoms. The normalized spacial score (nSPS) is 12.9. The number of carbonyl (C=O) groups is 1. The standard InChI is InChI=1S/C12H18N2O4S2/c1-3-9-4-5-10(20(13,17)18)8-11(9)12(15)14-6-7-19(2)16/h4-5,8H,3,6-7H2,1-2H3,(H,14,15)(H2,13,17,18). The van der Waals surface area contributed by atoms with Crippen molar-refractivity contribution in [2.24, 2.45) is 5.14 Å². The Labute approximate surface area is 121 Å². The minimum atomic E-state index is -3.85. The zero-order valence-corrected chi connectivity index (χ0v) is 13.0. The zero-order valence-electron chi connectivity index (χ0n) is 11.4. The molecule has 1 aromatic rings. The number of benzene rings is 1. The van der Waals surface area contributed by atoms with Crippen LogP contribution in [-0.4, -0.2) is 37.1 Å². The molecule has 0 saturated heterocycles. The summed E-state index contributed by atoms with van der Waals surface area (Å²) in [5.41, 5.74) is 1.01. The SMILES string of the molecule is CCc1ccc(S(N)(=O)=O)cc1C(=O)NCCS(C)=O. The first-order valence-electron chi connectivity index (χ1n) is 5.99. The number of aryl methyl sites for hydroxylation is 1. The number of rotatable bonds is 6. The van der Waals surface area contributed by atoms with Gasteiger partial charge in [0.05, 0.1) is 4.90 Å². The number of amides is 1. The lowest BCUT2D eigenvalue weighted by Crippen LogP contribution is -2.28. The molecule has 6 nitrogen and oxygen atoms in total. The number of sulfonamides is 1. The number of carbonyl (C=O) groups excluding carboxylic acids is 1. The third-order valence-corrected chi connectivity index (χ3v) is 4.40. The van der Waals surface area contributed by atoms with Gasteiger partial charge in [0.25, 0.3) is 5.91 Å². The monoisotopic (exact) mass is 318 g/mol. The minimum absolute atomic E-state index is 0.0982. The summed E-state index contributed by atoms with van der Waals surface area (Å²) in [7, 11) is -4.84. The fourth-order valence-corrected chi connectivity index (χ4v) is 2.59. The van der Waals surface area contributed by atoms with Gasteiger partial charge in [0.1, 0.15) is 0 Å². The van der Waals surface area contributed by atoms with Crippen molar-refractivity contribution in [3.63, 3.8) is 0 Å². The van der Waals surface area contributed by atoms with Gasteiger partial charge in [-0.15, -0.1) is 0 Å². The Balaban J connectivity index is 3.02. The molecular formula is C12H18N2O4S2. The maximum atomic E-state index is 12.0. The van der Waals surface area contributed by atoms with Gasteiger partial charge in [-0.25, -0.2) is 13.6 Å². The highest BCUT2D eigenvalue weighted by Crippen LogP contribution is 2.16. The summed E-state index contributed by atoms with van der Waals surface area (Å²) in [6.07, 6.45) is 2.14. The van der Waals surface area contributed by atoms with Gasteiger partial charge in [-0.1, -0.05) is 13.0 Å². The van der Waals surface area contributed by atoms with E-state index < -0.39 is 26.7 Å². The summed E-state index contributed by atoms with van der Waals surface area (Å²) in [5.74, 6) is -0.0416. The molecule has 1 amide bonds. The summed E-state index contributed by atoms with van der Waals surface area (Å²) in [6.45, 7) is 2.13. The molecule has 112 valence electrons. The van der Waals surface area contributed by atoms with Gasteiger partial charge in [-0.2, -0.15) is 0 Å². The van der Waals surface area contributed by atoms with Crippen LogP contribution in [0.2, 0.25) is 0 Å². The van der Waals surface area contributed by atoms with E-state index in [9.17, 15) is 17.4 Å². The lowest BCUT2D eigenvalue weighted by molar-refractivity contribution is 0.0955. The van der Waals surface area contributed by atoms with Gasteiger partial charge in [0.15, 0.2) is 0 Å². The molecule has 0 saturated carbocycles. The van der Waals surface area contributed by atoms with Gasteiger partial charge < -0.3 is 5.32 Å². The van der Waals surface area contributed by atoms with Crippen LogP contribution >= 0.6 is 0 Å². The number of hydrogen-bond donors (Lipinski definition) is 2. The first-order chi connectivity index (χ1) is 9.25. The van der Waals surface area contributed by atoms with Crippen LogP contribution in [-0.2, 0) is 27.2 Å². The van der Waals surface area contributed by atoms with Gasteiger partial charge in [-0.3, -0.25) is 9.00 Å². The van der Waals surface area contributed by atoms with Crippen molar-refractivity contribution in [1.82, 2.24) is 5.32 Å². The molecule has 0 heterocycles. The molecule has 3 N–H and O–H groups in total. The molecule has 1 aromatic carbocycles. The van der Waals surface area contributed by atoms with Crippen LogP contribution in [0, 0.1) is 0 Å². The van der Waals surface area contributed by atoms with Crippen molar-refractivity contribution in [2.45, 2.75) is 18.2 Å². The fraction of sp³-hybridized carbons (Fsp3) is 0.417. The number of primary sulfonamides is 1. The molecule has 0 radical (unpaired) electrons. The number of hydrogen-bond acceptors (Lipinski definition) is 4. The molecule has 0 bridgehead atoms. The topological polar surface area (TPSA) is 106 Å². The van der Waals surface area contributed by atoms with Crippen molar-refractivity contribution in [2.75, 3.05) is 18.6 Å². The highest BCUT2D eigenvalue weighted by Gasteiger charge is 2.15. The molecule has 0 aliphatic carbocycles. The third kappa shape index (κ3) is 4.69. The van der Waals surface area contributed by atoms with E-state index in [4.69, 9.17) is 5.14 Å². The minimum Gasteiger partial charge on any atom is -0.351 e. The van der Waals surface area contributed by atoms with Crippen molar-refractivity contribution >= 4 is 26.7 Å². The lowest BCUT2D eigenvalue weighted by Gasteiger charge is -2.10. The first kappa shape index (κ1) is 16.8. The molecule has 0 aliphatic heterocycles. The van der Waals surface area contributed by atoms with Crippen molar-refractivity contribution in [3.8, 4) is 0 Å². The highest BCUT2D eigenvalue weighted by molar-refractivity contribution is 7.89. The largest absolute Gasteiger partial charge is 0.351 e. The van der Waals surface area contributed by atoms with Crippen LogP contribution in [0.4, 0.5) is 0 Å². The molecule has 0 spiro atoms. The van der Waals surface area contributed by atoms with E-state index in [1.165, 1.54) is 12.1 Å². The predicted molar refractivity (Wildman–Crippen MR) is 78.5 cm³/mol. The Morgan fingerprint density at radius 2 is 2.05 bits per heavy atom. The van der Waals surface area contributed by atoms with Crippen LogP contribution in [0.25, 0.3) is 0 Å². The van der Waals surface area contributed by atoms with Gasteiger partial charge in [0, 0.05) is 34.9 Å². The molecule has 8 heteroatoms. The van der Waals surface area contributed by atoms with Crippen LogP contribution in [0.15, 0.2) is 23.1 Å². The van der Waals surface area contributed by atoms with E-state index in [-0.39, 0.29) is 17.0 Å². The second kappa shape index (κ2) is 6.96. The molecule has 0 fully saturated rings. The summed E-state index contributed by atoms with van der Waals surface area (Å²) in [5, 5.41) is 7.67. The predicted octanol–water partition coefficient (Wildman–Crippen LogP) is 0.00470. The van der Waals surface area contributed by atoms with E-state index in [0.29, 0.717) is 12.2 Å². The van der Waals surface area contributed by atoms with Gasteiger partial charge in [-0.05, 0) is 24.1 Å². The summed E-state index contributed by atoms with van der Waals surface area (Å²) in [4.78, 5) is 11.9. The zero-order chi connectivity index (χ0) is 15.3. The Morgan fingerprint density at radius 1 is 1.40 bits per heavy atom. The summed E-state index contributed by atoms with van der Waals surface area (Å²) >= 11 is 0. The molecule has 0 aliphatic rings. The van der Waals surface area contributed by atoms with E-state index >= 15 is 0 Å². The summed E-state index contributed by atoms with van der Waals surface area (Å²) in [6, 6.07) is 4.23. The second-order valence-electron chi connectivity index (χ2n) is 4.25. The Bertz CT molecular complexity index is 626. The smallest absolute Gasteiger partial charge is 0.251 e. The van der Waals surface area contributed by atoms with Crippen LogP contribution < -0.4 is 10.5 Å². The first-order valence-corrected chi connectivity index (χ1v) is 9.27. The second-order valence-corrected chi connectivity index (χ2v) is 7.37. The average Bonchev–Trinajstić information content (AvgIpc) is 2.36. The summed E-state index contributed by atoms with van der Waals surface area (Å²) < 4.78 is 33.6. The van der Waals surface area contributed by atoms with Crippen LogP contribution in [0.3, 0.4) is 0 Å². The Morgan fingerprint density at radius 3 is 2.55 bits per heavy atom. The quantitative estimate of drug-likeness (QED) is 0.770. The van der Waals surface area contributed by atoms with E-state index in [0.717, 1.165) is 5.56 Å². The van der Waals surface area contributed by atoms with Crippen molar-refractivity contribution in [3.05, 3.63) is 29.3 Å².